The summed E-state index contributed by atoms with van der Waals surface area (Å²) in [6.07, 6.45) is 1.93. The van der Waals surface area contributed by atoms with Crippen LogP contribution in [-0.2, 0) is 4.79 Å². The van der Waals surface area contributed by atoms with E-state index < -0.39 is 0 Å². The Bertz CT molecular complexity index is 659. The fourth-order valence-electron chi connectivity index (χ4n) is 2.13. The van der Waals surface area contributed by atoms with Gasteiger partial charge in [0.2, 0.25) is 0 Å². The third kappa shape index (κ3) is 1.94. The number of halogens is 1. The zero-order valence-corrected chi connectivity index (χ0v) is 11.1. The summed E-state index contributed by atoms with van der Waals surface area (Å²) in [6, 6.07) is 12.2. The van der Waals surface area contributed by atoms with Crippen molar-refractivity contribution in [2.24, 2.45) is 0 Å². The molecule has 3 rings (SSSR count). The summed E-state index contributed by atoms with van der Waals surface area (Å²) < 4.78 is 1.04. The molecule has 1 aliphatic rings. The maximum Gasteiger partial charge on any atom is 0.262 e. The molecule has 4 heteroatoms. The Kier molecular flexibility index (Phi) is 2.89. The molecule has 2 aromatic rings. The second kappa shape index (κ2) is 4.55. The molecular formula is C14H11BrN2O. The highest BCUT2D eigenvalue weighted by Gasteiger charge is 2.16. The lowest BCUT2D eigenvalue weighted by Crippen LogP contribution is -2.25. The number of amides is 1. The molecule has 0 bridgehead atoms. The lowest BCUT2D eigenvalue weighted by molar-refractivity contribution is -0.116. The van der Waals surface area contributed by atoms with Crippen LogP contribution in [0.1, 0.15) is 5.56 Å². The fraction of sp³-hybridized carbons (Fsp3) is 0.0714. The van der Waals surface area contributed by atoms with Crippen molar-refractivity contribution in [3.63, 3.8) is 0 Å². The molecule has 0 spiro atoms. The number of nitrogens with one attached hydrogen (secondary N) is 2. The zero-order valence-electron chi connectivity index (χ0n) is 9.53. The summed E-state index contributed by atoms with van der Waals surface area (Å²) in [7, 11) is 0. The highest BCUT2D eigenvalue weighted by Crippen LogP contribution is 2.28. The average Bonchev–Trinajstić information content (AvgIpc) is 2.76. The number of benzene rings is 2. The van der Waals surface area contributed by atoms with Crippen LogP contribution in [0.15, 0.2) is 46.4 Å². The van der Waals surface area contributed by atoms with E-state index in [0.29, 0.717) is 6.54 Å². The molecule has 18 heavy (non-hydrogen) atoms. The van der Waals surface area contributed by atoms with Crippen LogP contribution in [0.3, 0.4) is 0 Å². The molecule has 1 fully saturated rings. The van der Waals surface area contributed by atoms with Crippen LogP contribution < -0.4 is 10.9 Å². The van der Waals surface area contributed by atoms with Gasteiger partial charge in [-0.15, -0.1) is 0 Å². The maximum atomic E-state index is 11.5. The van der Waals surface area contributed by atoms with Gasteiger partial charge in [-0.25, -0.2) is 5.43 Å². The van der Waals surface area contributed by atoms with Crippen molar-refractivity contribution in [3.05, 3.63) is 52.0 Å². The van der Waals surface area contributed by atoms with Gasteiger partial charge in [0.05, 0.1) is 0 Å². The molecular weight excluding hydrogens is 292 g/mol. The predicted octanol–water partition coefficient (Wildman–Crippen LogP) is 2.62. The van der Waals surface area contributed by atoms with Gasteiger partial charge < -0.3 is 0 Å². The van der Waals surface area contributed by atoms with Crippen LogP contribution in [0, 0.1) is 0 Å². The minimum atomic E-state index is -0.0564. The van der Waals surface area contributed by atoms with Crippen molar-refractivity contribution in [1.29, 1.82) is 0 Å². The molecule has 0 radical (unpaired) electrons. The molecule has 2 N–H and O–H groups in total. The lowest BCUT2D eigenvalue weighted by Gasteiger charge is -2.05. The van der Waals surface area contributed by atoms with Crippen molar-refractivity contribution in [2.75, 3.05) is 6.54 Å². The van der Waals surface area contributed by atoms with E-state index in [2.05, 4.69) is 38.9 Å². The van der Waals surface area contributed by atoms with Crippen molar-refractivity contribution >= 4 is 38.7 Å². The summed E-state index contributed by atoms with van der Waals surface area (Å²) in [5.41, 5.74) is 7.21. The Labute approximate surface area is 113 Å². The van der Waals surface area contributed by atoms with Crippen LogP contribution >= 0.6 is 15.9 Å². The first kappa shape index (κ1) is 11.4. The molecule has 90 valence electrons. The number of rotatable bonds is 1. The fourth-order valence-corrected chi connectivity index (χ4v) is 2.74. The molecule has 2 aromatic carbocycles. The van der Waals surface area contributed by atoms with Crippen molar-refractivity contribution in [2.45, 2.75) is 0 Å². The highest BCUT2D eigenvalue weighted by atomic mass is 79.9. The Morgan fingerprint density at radius 3 is 2.67 bits per heavy atom. The Balaban J connectivity index is 2.21. The number of carbonyl (C=O) groups excluding carboxylic acids is 1. The minimum absolute atomic E-state index is 0.0564. The van der Waals surface area contributed by atoms with Crippen LogP contribution in [0.25, 0.3) is 16.8 Å². The average molecular weight is 303 g/mol. The molecule has 0 atom stereocenters. The van der Waals surface area contributed by atoms with E-state index in [9.17, 15) is 4.79 Å². The maximum absolute atomic E-state index is 11.5. The Morgan fingerprint density at radius 1 is 1.17 bits per heavy atom. The molecule has 3 nitrogen and oxygen atoms in total. The number of hydrazine groups is 1. The van der Waals surface area contributed by atoms with Gasteiger partial charge in [-0.2, -0.15) is 0 Å². The van der Waals surface area contributed by atoms with Crippen molar-refractivity contribution in [1.82, 2.24) is 10.9 Å². The second-order valence-electron chi connectivity index (χ2n) is 4.16. The Morgan fingerprint density at radius 2 is 1.94 bits per heavy atom. The van der Waals surface area contributed by atoms with Gasteiger partial charge in [0, 0.05) is 22.0 Å². The predicted molar refractivity (Wildman–Crippen MR) is 75.8 cm³/mol. The summed E-state index contributed by atoms with van der Waals surface area (Å²) in [5, 5.41) is 2.29. The number of carbonyl (C=O) groups is 1. The normalized spacial score (nSPS) is 17.4. The van der Waals surface area contributed by atoms with E-state index in [0.717, 1.165) is 26.4 Å². The van der Waals surface area contributed by atoms with E-state index >= 15 is 0 Å². The molecule has 1 aliphatic heterocycles. The monoisotopic (exact) mass is 302 g/mol. The highest BCUT2D eigenvalue weighted by molar-refractivity contribution is 9.10. The van der Waals surface area contributed by atoms with E-state index in [-0.39, 0.29) is 5.91 Å². The van der Waals surface area contributed by atoms with Crippen molar-refractivity contribution in [3.8, 4) is 0 Å². The minimum Gasteiger partial charge on any atom is -0.287 e. The molecule has 0 saturated carbocycles. The molecule has 0 aromatic heterocycles. The van der Waals surface area contributed by atoms with Crippen LogP contribution in [-0.4, -0.2) is 12.5 Å². The van der Waals surface area contributed by atoms with E-state index in [1.807, 2.05) is 30.3 Å². The smallest absolute Gasteiger partial charge is 0.262 e. The number of hydrogen-bond acceptors (Lipinski definition) is 2. The number of fused-ring (bicyclic) bond motifs is 1. The van der Waals surface area contributed by atoms with Gasteiger partial charge >= 0.3 is 0 Å². The second-order valence-corrected chi connectivity index (χ2v) is 5.02. The molecule has 1 saturated heterocycles. The molecule has 0 aliphatic carbocycles. The summed E-state index contributed by atoms with van der Waals surface area (Å²) in [6.45, 7) is 0.555. The molecule has 1 heterocycles. The number of hydrogen-bond donors (Lipinski definition) is 2. The van der Waals surface area contributed by atoms with E-state index in [1.54, 1.807) is 0 Å². The SMILES string of the molecule is O=C1NNC/C1=C\c1cccc2cccc(Br)c12. The van der Waals surface area contributed by atoms with Gasteiger partial charge in [-0.1, -0.05) is 46.3 Å². The van der Waals surface area contributed by atoms with E-state index in [1.165, 1.54) is 0 Å². The lowest BCUT2D eigenvalue weighted by atomic mass is 10.0. The largest absolute Gasteiger partial charge is 0.287 e. The quantitative estimate of drug-likeness (QED) is 0.795. The van der Waals surface area contributed by atoms with Gasteiger partial charge in [0.1, 0.15) is 0 Å². The summed E-state index contributed by atoms with van der Waals surface area (Å²) >= 11 is 3.57. The molecule has 1 amide bonds. The van der Waals surface area contributed by atoms with Gasteiger partial charge in [-0.05, 0) is 23.1 Å². The standard InChI is InChI=1S/C14H11BrN2O/c15-12-6-2-4-9-3-1-5-10(13(9)12)7-11-8-16-17-14(11)18/h1-7,16H,8H2,(H,17,18)/b11-7+. The Hall–Kier alpha value is -1.65. The first-order valence-corrected chi connectivity index (χ1v) is 6.46. The van der Waals surface area contributed by atoms with Gasteiger partial charge in [0.15, 0.2) is 0 Å². The van der Waals surface area contributed by atoms with Crippen LogP contribution in [0.5, 0.6) is 0 Å². The summed E-state index contributed by atoms with van der Waals surface area (Å²) in [4.78, 5) is 11.5. The third-order valence-corrected chi connectivity index (χ3v) is 3.65. The zero-order chi connectivity index (χ0) is 12.5. The van der Waals surface area contributed by atoms with Crippen LogP contribution in [0.2, 0.25) is 0 Å². The third-order valence-electron chi connectivity index (χ3n) is 2.99. The summed E-state index contributed by atoms with van der Waals surface area (Å²) in [5.74, 6) is -0.0564. The van der Waals surface area contributed by atoms with Crippen LogP contribution in [0.4, 0.5) is 0 Å². The molecule has 0 unspecified atom stereocenters. The van der Waals surface area contributed by atoms with E-state index in [4.69, 9.17) is 0 Å². The van der Waals surface area contributed by atoms with Gasteiger partial charge in [0.25, 0.3) is 5.91 Å². The first-order valence-electron chi connectivity index (χ1n) is 5.67. The first-order chi connectivity index (χ1) is 8.75. The topological polar surface area (TPSA) is 41.1 Å². The van der Waals surface area contributed by atoms with Crippen molar-refractivity contribution < 1.29 is 4.79 Å². The van der Waals surface area contributed by atoms with Gasteiger partial charge in [-0.3, -0.25) is 10.2 Å².